The van der Waals surface area contributed by atoms with Gasteiger partial charge in [0.05, 0.1) is 5.75 Å². The van der Waals surface area contributed by atoms with Crippen molar-refractivity contribution >= 4 is 9.84 Å². The van der Waals surface area contributed by atoms with E-state index >= 15 is 0 Å². The summed E-state index contributed by atoms with van der Waals surface area (Å²) in [5.41, 5.74) is 0. The average molecular weight is 318 g/mol. The van der Waals surface area contributed by atoms with Crippen LogP contribution in [-0.2, 0) is 9.84 Å². The highest BCUT2D eigenvalue weighted by Gasteiger charge is 2.32. The zero-order chi connectivity index (χ0) is 15.9. The van der Waals surface area contributed by atoms with Gasteiger partial charge in [-0.1, -0.05) is 27.7 Å². The van der Waals surface area contributed by atoms with Crippen LogP contribution in [0, 0.1) is 23.7 Å². The van der Waals surface area contributed by atoms with Crippen molar-refractivity contribution in [2.75, 3.05) is 24.6 Å². The van der Waals surface area contributed by atoms with Gasteiger partial charge in [0.1, 0.15) is 9.84 Å². The molecule has 0 spiro atoms. The van der Waals surface area contributed by atoms with Gasteiger partial charge in [0.2, 0.25) is 0 Å². The van der Waals surface area contributed by atoms with Gasteiger partial charge < -0.3 is 5.32 Å². The Morgan fingerprint density at radius 1 is 1.10 bits per heavy atom. The monoisotopic (exact) mass is 317 g/mol. The van der Waals surface area contributed by atoms with Crippen molar-refractivity contribution in [2.45, 2.75) is 59.8 Å². The molecule has 3 nitrogen and oxygen atoms in total. The summed E-state index contributed by atoms with van der Waals surface area (Å²) in [5, 5.41) is 3.46. The summed E-state index contributed by atoms with van der Waals surface area (Å²) in [4.78, 5) is 0. The van der Waals surface area contributed by atoms with Crippen LogP contribution in [0.25, 0.3) is 0 Å². The largest absolute Gasteiger partial charge is 0.317 e. The summed E-state index contributed by atoms with van der Waals surface area (Å²) in [7, 11) is -2.83. The lowest BCUT2D eigenvalue weighted by atomic mass is 9.69. The minimum absolute atomic E-state index is 0.352. The third-order valence-electron chi connectivity index (χ3n) is 5.09. The third-order valence-corrected chi connectivity index (χ3v) is 6.98. The Morgan fingerprint density at radius 2 is 1.81 bits per heavy atom. The first-order valence-electron chi connectivity index (χ1n) is 8.80. The summed E-state index contributed by atoms with van der Waals surface area (Å²) in [5.74, 6) is 3.49. The van der Waals surface area contributed by atoms with Crippen LogP contribution in [0.4, 0.5) is 0 Å². The quantitative estimate of drug-likeness (QED) is 0.708. The maximum absolute atomic E-state index is 12.0. The van der Waals surface area contributed by atoms with Gasteiger partial charge in [-0.3, -0.25) is 0 Å². The van der Waals surface area contributed by atoms with Gasteiger partial charge in [-0.25, -0.2) is 8.42 Å². The molecule has 4 heteroatoms. The van der Waals surface area contributed by atoms with Crippen molar-refractivity contribution in [3.05, 3.63) is 0 Å². The highest BCUT2D eigenvalue weighted by atomic mass is 32.2. The van der Waals surface area contributed by atoms with Crippen LogP contribution in [0.15, 0.2) is 0 Å². The van der Waals surface area contributed by atoms with Crippen molar-refractivity contribution in [2.24, 2.45) is 23.7 Å². The molecule has 0 saturated heterocycles. The molecule has 1 aliphatic rings. The molecule has 0 aromatic heterocycles. The fourth-order valence-electron chi connectivity index (χ4n) is 3.66. The lowest BCUT2D eigenvalue weighted by Crippen LogP contribution is -2.35. The summed E-state index contributed by atoms with van der Waals surface area (Å²) in [6, 6.07) is 0. The smallest absolute Gasteiger partial charge is 0.150 e. The topological polar surface area (TPSA) is 46.2 Å². The fraction of sp³-hybridized carbons (Fsp3) is 1.00. The van der Waals surface area contributed by atoms with Crippen molar-refractivity contribution in [3.8, 4) is 0 Å². The molecule has 1 rings (SSSR count). The van der Waals surface area contributed by atoms with Gasteiger partial charge in [-0.2, -0.15) is 0 Å². The van der Waals surface area contributed by atoms with Crippen LogP contribution in [0.5, 0.6) is 0 Å². The van der Waals surface area contributed by atoms with Crippen molar-refractivity contribution in [3.63, 3.8) is 0 Å². The lowest BCUT2D eigenvalue weighted by molar-refractivity contribution is 0.142. The Bertz CT molecular complexity index is 378. The van der Waals surface area contributed by atoms with E-state index < -0.39 is 9.84 Å². The number of nitrogens with one attached hydrogen (secondary N) is 1. The predicted molar refractivity (Wildman–Crippen MR) is 91.3 cm³/mol. The van der Waals surface area contributed by atoms with E-state index in [9.17, 15) is 8.42 Å². The first-order valence-corrected chi connectivity index (χ1v) is 10.6. The van der Waals surface area contributed by atoms with E-state index in [1.54, 1.807) is 0 Å². The van der Waals surface area contributed by atoms with E-state index in [0.29, 0.717) is 23.3 Å². The van der Waals surface area contributed by atoms with Crippen LogP contribution in [0.1, 0.15) is 59.8 Å². The van der Waals surface area contributed by atoms with E-state index in [4.69, 9.17) is 0 Å². The Hall–Kier alpha value is -0.0900. The fourth-order valence-corrected chi connectivity index (χ4v) is 5.15. The summed E-state index contributed by atoms with van der Waals surface area (Å²) in [6.07, 6.45) is 5.39. The van der Waals surface area contributed by atoms with E-state index in [-0.39, 0.29) is 0 Å². The first kappa shape index (κ1) is 19.0. The van der Waals surface area contributed by atoms with Gasteiger partial charge in [0, 0.05) is 5.75 Å². The molecule has 0 bridgehead atoms. The molecule has 0 aliphatic heterocycles. The highest BCUT2D eigenvalue weighted by Crippen LogP contribution is 2.39. The summed E-state index contributed by atoms with van der Waals surface area (Å²) < 4.78 is 24.0. The maximum Gasteiger partial charge on any atom is 0.150 e. The van der Waals surface area contributed by atoms with Crippen LogP contribution >= 0.6 is 0 Å². The van der Waals surface area contributed by atoms with E-state index in [0.717, 1.165) is 37.8 Å². The molecular formula is C17H35NO2S. The SMILES string of the molecule is CCCS(=O)(=O)CCC1CC(C(C)C)CCC1CNCC. The van der Waals surface area contributed by atoms with Crippen LogP contribution in [0.3, 0.4) is 0 Å². The second-order valence-electron chi connectivity index (χ2n) is 7.09. The molecule has 3 unspecified atom stereocenters. The standard InChI is InChI=1S/C17H35NO2S/c1-5-10-21(19,20)11-9-16-12-15(14(3)4)7-8-17(16)13-18-6-2/h14-18H,5-13H2,1-4H3. The molecule has 1 saturated carbocycles. The second-order valence-corrected chi connectivity index (χ2v) is 9.39. The zero-order valence-corrected chi connectivity index (χ0v) is 15.2. The Labute approximate surface area is 132 Å². The molecule has 0 amide bonds. The van der Waals surface area contributed by atoms with E-state index in [1.165, 1.54) is 19.3 Å². The van der Waals surface area contributed by atoms with E-state index in [2.05, 4.69) is 26.1 Å². The molecule has 0 radical (unpaired) electrons. The van der Waals surface area contributed by atoms with E-state index in [1.807, 2.05) is 6.92 Å². The van der Waals surface area contributed by atoms with Crippen LogP contribution in [0.2, 0.25) is 0 Å². The summed E-state index contributed by atoms with van der Waals surface area (Å²) in [6.45, 7) is 10.8. The normalized spacial score (nSPS) is 27.2. The molecule has 0 aromatic rings. The second kappa shape index (κ2) is 9.14. The maximum atomic E-state index is 12.0. The Balaban J connectivity index is 2.60. The highest BCUT2D eigenvalue weighted by molar-refractivity contribution is 7.91. The minimum Gasteiger partial charge on any atom is -0.317 e. The predicted octanol–water partition coefficient (Wildman–Crippen LogP) is 3.50. The number of sulfone groups is 1. The van der Waals surface area contributed by atoms with Gasteiger partial charge in [0.15, 0.2) is 0 Å². The molecule has 1 fully saturated rings. The first-order chi connectivity index (χ1) is 9.89. The minimum atomic E-state index is -2.83. The molecule has 1 N–H and O–H groups in total. The third kappa shape index (κ3) is 6.68. The van der Waals surface area contributed by atoms with Crippen LogP contribution in [-0.4, -0.2) is 33.0 Å². The Morgan fingerprint density at radius 3 is 2.38 bits per heavy atom. The van der Waals surface area contributed by atoms with Crippen molar-refractivity contribution < 1.29 is 8.42 Å². The molecular weight excluding hydrogens is 282 g/mol. The van der Waals surface area contributed by atoms with Crippen molar-refractivity contribution in [1.82, 2.24) is 5.32 Å². The molecule has 0 heterocycles. The van der Waals surface area contributed by atoms with Crippen LogP contribution < -0.4 is 5.32 Å². The number of hydrogen-bond acceptors (Lipinski definition) is 3. The van der Waals surface area contributed by atoms with Gasteiger partial charge >= 0.3 is 0 Å². The zero-order valence-electron chi connectivity index (χ0n) is 14.4. The number of rotatable bonds is 9. The van der Waals surface area contributed by atoms with Gasteiger partial charge in [-0.15, -0.1) is 0 Å². The summed E-state index contributed by atoms with van der Waals surface area (Å²) >= 11 is 0. The van der Waals surface area contributed by atoms with Crippen molar-refractivity contribution in [1.29, 1.82) is 0 Å². The average Bonchev–Trinajstić information content (AvgIpc) is 2.43. The number of hydrogen-bond donors (Lipinski definition) is 1. The molecule has 126 valence electrons. The molecule has 21 heavy (non-hydrogen) atoms. The molecule has 3 atom stereocenters. The van der Waals surface area contributed by atoms with Gasteiger partial charge in [0.25, 0.3) is 0 Å². The molecule has 1 aliphatic carbocycles. The lowest BCUT2D eigenvalue weighted by Gasteiger charge is -2.38. The Kier molecular flexibility index (Phi) is 8.25. The molecule has 0 aromatic carbocycles. The van der Waals surface area contributed by atoms with Gasteiger partial charge in [-0.05, 0) is 68.9 Å².